The third-order valence-electron chi connectivity index (χ3n) is 2.41. The number of aromatic amines is 1. The molecule has 1 heterocycles. The van der Waals surface area contributed by atoms with Crippen molar-refractivity contribution in [1.29, 1.82) is 5.26 Å². The topological polar surface area (TPSA) is 106 Å². The van der Waals surface area contributed by atoms with Gasteiger partial charge < -0.3 is 15.4 Å². The Morgan fingerprint density at radius 1 is 1.44 bits per heavy atom. The fourth-order valence-electron chi connectivity index (χ4n) is 1.65. The first kappa shape index (κ1) is 11.7. The lowest BCUT2D eigenvalue weighted by atomic mass is 10.2. The Hall–Kier alpha value is -2.81. The molecule has 0 unspecified atom stereocenters. The summed E-state index contributed by atoms with van der Waals surface area (Å²) in [6.45, 7) is 0. The summed E-state index contributed by atoms with van der Waals surface area (Å²) in [6, 6.07) is 8.24. The van der Waals surface area contributed by atoms with Crippen molar-refractivity contribution in [1.82, 2.24) is 4.98 Å². The highest BCUT2D eigenvalue weighted by Crippen LogP contribution is 2.24. The van der Waals surface area contributed by atoms with E-state index in [-0.39, 0.29) is 12.1 Å². The summed E-state index contributed by atoms with van der Waals surface area (Å²) in [5, 5.41) is 20.5. The fraction of sp³-hybridized carbons (Fsp3) is 0.0833. The van der Waals surface area contributed by atoms with Gasteiger partial charge in [-0.05, 0) is 18.2 Å². The van der Waals surface area contributed by atoms with Gasteiger partial charge in [0.25, 0.3) is 0 Å². The van der Waals surface area contributed by atoms with Crippen molar-refractivity contribution in [3.05, 3.63) is 30.0 Å². The smallest absolute Gasteiger partial charge is 0.352 e. The summed E-state index contributed by atoms with van der Waals surface area (Å²) in [6.07, 6.45) is -0.243. The molecule has 0 aliphatic heterocycles. The first-order chi connectivity index (χ1) is 8.61. The highest BCUT2D eigenvalue weighted by atomic mass is 16.4. The molecule has 0 atom stereocenters. The molecule has 0 aliphatic rings. The summed E-state index contributed by atoms with van der Waals surface area (Å²) < 4.78 is 0. The number of hydrogen-bond acceptors (Lipinski definition) is 3. The van der Waals surface area contributed by atoms with E-state index >= 15 is 0 Å². The largest absolute Gasteiger partial charge is 0.477 e. The van der Waals surface area contributed by atoms with E-state index < -0.39 is 11.9 Å². The number of fused-ring (bicyclic) bond motifs is 1. The van der Waals surface area contributed by atoms with Crippen LogP contribution in [0, 0.1) is 11.3 Å². The summed E-state index contributed by atoms with van der Waals surface area (Å²) >= 11 is 0. The average molecular weight is 243 g/mol. The molecule has 18 heavy (non-hydrogen) atoms. The van der Waals surface area contributed by atoms with Crippen molar-refractivity contribution in [2.75, 3.05) is 5.32 Å². The Bertz CT molecular complexity index is 667. The van der Waals surface area contributed by atoms with Gasteiger partial charge >= 0.3 is 5.97 Å². The molecule has 1 aromatic heterocycles. The number of anilines is 1. The van der Waals surface area contributed by atoms with Crippen LogP contribution in [0.1, 0.15) is 16.9 Å². The lowest BCUT2D eigenvalue weighted by Crippen LogP contribution is -2.10. The van der Waals surface area contributed by atoms with E-state index in [0.717, 1.165) is 0 Å². The van der Waals surface area contributed by atoms with Crippen molar-refractivity contribution >= 4 is 28.5 Å². The van der Waals surface area contributed by atoms with Crippen LogP contribution in [-0.4, -0.2) is 22.0 Å². The fourth-order valence-corrected chi connectivity index (χ4v) is 1.65. The molecule has 6 nitrogen and oxygen atoms in total. The Balaban J connectivity index is 2.42. The molecular weight excluding hydrogens is 234 g/mol. The zero-order valence-electron chi connectivity index (χ0n) is 9.23. The number of nitriles is 1. The van der Waals surface area contributed by atoms with Crippen LogP contribution in [0.25, 0.3) is 10.9 Å². The lowest BCUT2D eigenvalue weighted by molar-refractivity contribution is -0.115. The van der Waals surface area contributed by atoms with E-state index in [1.807, 2.05) is 0 Å². The van der Waals surface area contributed by atoms with Gasteiger partial charge in [-0.3, -0.25) is 4.79 Å². The van der Waals surface area contributed by atoms with Crippen LogP contribution in [0.15, 0.2) is 24.3 Å². The molecule has 2 aromatic rings. The quantitative estimate of drug-likeness (QED) is 0.762. The number of H-pyrrole nitrogens is 1. The zero-order chi connectivity index (χ0) is 13.1. The molecule has 1 amide bonds. The van der Waals surface area contributed by atoms with E-state index in [2.05, 4.69) is 10.3 Å². The minimum absolute atomic E-state index is 0.0481. The number of nitrogens with one attached hydrogen (secondary N) is 2. The molecule has 6 heteroatoms. The second-order valence-corrected chi connectivity index (χ2v) is 3.64. The van der Waals surface area contributed by atoms with E-state index in [1.54, 1.807) is 24.3 Å². The van der Waals surface area contributed by atoms with Crippen LogP contribution in [0.3, 0.4) is 0 Å². The number of amides is 1. The highest BCUT2D eigenvalue weighted by molar-refractivity contribution is 6.04. The van der Waals surface area contributed by atoms with Gasteiger partial charge in [0.15, 0.2) is 0 Å². The summed E-state index contributed by atoms with van der Waals surface area (Å²) in [4.78, 5) is 24.9. The molecule has 0 spiro atoms. The van der Waals surface area contributed by atoms with E-state index in [9.17, 15) is 9.59 Å². The third kappa shape index (κ3) is 2.15. The molecule has 3 N–H and O–H groups in total. The van der Waals surface area contributed by atoms with Crippen LogP contribution in [0.5, 0.6) is 0 Å². The van der Waals surface area contributed by atoms with Crippen LogP contribution in [0.2, 0.25) is 0 Å². The van der Waals surface area contributed by atoms with E-state index in [1.165, 1.54) is 6.07 Å². The zero-order valence-corrected chi connectivity index (χ0v) is 9.23. The van der Waals surface area contributed by atoms with Gasteiger partial charge in [0, 0.05) is 10.9 Å². The molecular formula is C12H9N3O3. The maximum atomic E-state index is 11.3. The SMILES string of the molecule is N#CCC(=O)Nc1cccc2[nH]c(C(=O)O)cc12. The monoisotopic (exact) mass is 243 g/mol. The van der Waals surface area contributed by atoms with Crippen molar-refractivity contribution < 1.29 is 14.7 Å². The van der Waals surface area contributed by atoms with Gasteiger partial charge in [-0.15, -0.1) is 0 Å². The van der Waals surface area contributed by atoms with Crippen molar-refractivity contribution in [3.8, 4) is 6.07 Å². The maximum Gasteiger partial charge on any atom is 0.352 e. The predicted molar refractivity (Wildman–Crippen MR) is 64.1 cm³/mol. The van der Waals surface area contributed by atoms with Gasteiger partial charge in [0.2, 0.25) is 5.91 Å². The minimum Gasteiger partial charge on any atom is -0.477 e. The van der Waals surface area contributed by atoms with Gasteiger partial charge in [-0.1, -0.05) is 6.07 Å². The highest BCUT2D eigenvalue weighted by Gasteiger charge is 2.11. The van der Waals surface area contributed by atoms with Crippen molar-refractivity contribution in [2.24, 2.45) is 0 Å². The summed E-state index contributed by atoms with van der Waals surface area (Å²) in [5.74, 6) is -1.50. The number of carboxylic acids is 1. The molecule has 1 aromatic carbocycles. The van der Waals surface area contributed by atoms with E-state index in [4.69, 9.17) is 10.4 Å². The Kier molecular flexibility index (Phi) is 2.98. The number of aromatic carboxylic acids is 1. The summed E-state index contributed by atoms with van der Waals surface area (Å²) in [7, 11) is 0. The summed E-state index contributed by atoms with van der Waals surface area (Å²) in [5.41, 5.74) is 1.14. The number of carboxylic acid groups (broad SMARTS) is 1. The van der Waals surface area contributed by atoms with Crippen LogP contribution in [0.4, 0.5) is 5.69 Å². The number of carbonyl (C=O) groups excluding carboxylic acids is 1. The average Bonchev–Trinajstić information content (AvgIpc) is 2.74. The van der Waals surface area contributed by atoms with Crippen LogP contribution >= 0.6 is 0 Å². The normalized spacial score (nSPS) is 9.94. The van der Waals surface area contributed by atoms with Gasteiger partial charge in [-0.2, -0.15) is 5.26 Å². The number of carbonyl (C=O) groups is 2. The molecule has 2 rings (SSSR count). The number of benzene rings is 1. The standard InChI is InChI=1S/C12H9N3O3/c13-5-4-11(16)15-9-3-1-2-8-7(9)6-10(14-8)12(17)18/h1-3,6,14H,4H2,(H,15,16)(H,17,18). The second-order valence-electron chi connectivity index (χ2n) is 3.64. The number of hydrogen-bond donors (Lipinski definition) is 3. The van der Waals surface area contributed by atoms with Gasteiger partial charge in [0.05, 0.1) is 11.8 Å². The van der Waals surface area contributed by atoms with Crippen LogP contribution in [-0.2, 0) is 4.79 Å². The Morgan fingerprint density at radius 3 is 2.89 bits per heavy atom. The Labute approximate surface area is 102 Å². The predicted octanol–water partition coefficient (Wildman–Crippen LogP) is 1.72. The van der Waals surface area contributed by atoms with E-state index in [0.29, 0.717) is 16.6 Å². The van der Waals surface area contributed by atoms with Crippen molar-refractivity contribution in [2.45, 2.75) is 6.42 Å². The number of aromatic nitrogens is 1. The van der Waals surface area contributed by atoms with Crippen LogP contribution < -0.4 is 5.32 Å². The molecule has 0 aliphatic carbocycles. The molecule has 0 saturated carbocycles. The molecule has 90 valence electrons. The number of rotatable bonds is 3. The molecule has 0 fully saturated rings. The first-order valence-electron chi connectivity index (χ1n) is 5.13. The molecule has 0 bridgehead atoms. The maximum absolute atomic E-state index is 11.3. The molecule has 0 radical (unpaired) electrons. The van der Waals surface area contributed by atoms with Gasteiger partial charge in [0.1, 0.15) is 12.1 Å². The first-order valence-corrected chi connectivity index (χ1v) is 5.13. The Morgan fingerprint density at radius 2 is 2.22 bits per heavy atom. The minimum atomic E-state index is -1.07. The second kappa shape index (κ2) is 4.59. The van der Waals surface area contributed by atoms with Crippen molar-refractivity contribution in [3.63, 3.8) is 0 Å². The van der Waals surface area contributed by atoms with Gasteiger partial charge in [-0.25, -0.2) is 4.79 Å². The lowest BCUT2D eigenvalue weighted by Gasteiger charge is -2.03. The number of nitrogens with zero attached hydrogens (tertiary/aromatic N) is 1. The third-order valence-corrected chi connectivity index (χ3v) is 2.41. The molecule has 0 saturated heterocycles.